The average molecular weight is 711 g/mol. The van der Waals surface area contributed by atoms with Gasteiger partial charge in [-0.3, -0.25) is 9.59 Å². The number of hydrogen-bond acceptors (Lipinski definition) is 5. The summed E-state index contributed by atoms with van der Waals surface area (Å²) < 4.78 is 5.35. The van der Waals surface area contributed by atoms with Gasteiger partial charge in [0.1, 0.15) is 6.04 Å². The van der Waals surface area contributed by atoms with Crippen molar-refractivity contribution in [3.05, 3.63) is 179 Å². The van der Waals surface area contributed by atoms with Crippen molar-refractivity contribution in [2.45, 2.75) is 61.6 Å². The molecule has 6 heteroatoms. The predicted molar refractivity (Wildman–Crippen MR) is 213 cm³/mol. The van der Waals surface area contributed by atoms with Gasteiger partial charge in [-0.1, -0.05) is 172 Å². The summed E-state index contributed by atoms with van der Waals surface area (Å²) in [7, 11) is 0. The van der Waals surface area contributed by atoms with Crippen LogP contribution in [0, 0.1) is 11.8 Å². The Hall–Kier alpha value is -4.65. The first-order chi connectivity index (χ1) is 25.5. The summed E-state index contributed by atoms with van der Waals surface area (Å²) in [4.78, 5) is 26.7. The van der Waals surface area contributed by atoms with Crippen LogP contribution in [-0.2, 0) is 19.1 Å². The van der Waals surface area contributed by atoms with Crippen LogP contribution in [0.5, 0.6) is 0 Å². The van der Waals surface area contributed by atoms with E-state index in [1.807, 2.05) is 60.7 Å². The normalized spacial score (nSPS) is 17.0. The van der Waals surface area contributed by atoms with E-state index in [2.05, 4.69) is 127 Å². The van der Waals surface area contributed by atoms with E-state index < -0.39 is 6.04 Å². The third kappa shape index (κ3) is 9.04. The zero-order chi connectivity index (χ0) is 36.2. The monoisotopic (exact) mass is 710 g/mol. The van der Waals surface area contributed by atoms with Gasteiger partial charge < -0.3 is 15.4 Å². The summed E-state index contributed by atoms with van der Waals surface area (Å²) in [6.07, 6.45) is 4.06. The third-order valence-electron chi connectivity index (χ3n) is 10.4. The molecule has 0 aromatic heterocycles. The molecule has 1 saturated carbocycles. The lowest BCUT2D eigenvalue weighted by molar-refractivity contribution is -0.152. The van der Waals surface area contributed by atoms with Gasteiger partial charge in [-0.05, 0) is 65.5 Å². The van der Waals surface area contributed by atoms with E-state index in [-0.39, 0.29) is 35.2 Å². The van der Waals surface area contributed by atoms with Gasteiger partial charge in [0.15, 0.2) is 6.61 Å². The van der Waals surface area contributed by atoms with Crippen LogP contribution in [0.2, 0.25) is 0 Å². The first kappa shape index (κ1) is 37.1. The van der Waals surface area contributed by atoms with E-state index in [0.717, 1.165) is 43.4 Å². The maximum absolute atomic E-state index is 13.5. The lowest BCUT2D eigenvalue weighted by Crippen LogP contribution is -2.45. The van der Waals surface area contributed by atoms with Gasteiger partial charge in [-0.2, -0.15) is 0 Å². The van der Waals surface area contributed by atoms with Crippen LogP contribution in [0.4, 0.5) is 0 Å². The molecule has 2 N–H and O–H groups in total. The highest BCUT2D eigenvalue weighted by molar-refractivity contribution is 8.01. The van der Waals surface area contributed by atoms with Gasteiger partial charge in [0.05, 0.1) is 10.8 Å². The molecule has 1 aliphatic carbocycles. The summed E-state index contributed by atoms with van der Waals surface area (Å²) in [6.45, 7) is 4.56. The largest absolute Gasteiger partial charge is 0.454 e. The van der Waals surface area contributed by atoms with Gasteiger partial charge >= 0.3 is 5.97 Å². The minimum absolute atomic E-state index is 0.0606. The molecule has 5 aromatic rings. The molecule has 1 fully saturated rings. The summed E-state index contributed by atoms with van der Waals surface area (Å²) in [5.41, 5.74) is 5.77. The Balaban J connectivity index is 1.10. The summed E-state index contributed by atoms with van der Waals surface area (Å²) >= 11 is 2.06. The summed E-state index contributed by atoms with van der Waals surface area (Å²) in [5.74, 6) is -0.216. The number of benzene rings is 5. The molecule has 0 heterocycles. The second kappa shape index (κ2) is 18.2. The molecule has 4 atom stereocenters. The van der Waals surface area contributed by atoms with E-state index in [1.165, 1.54) is 16.7 Å². The molecule has 5 nitrogen and oxygen atoms in total. The highest BCUT2D eigenvalue weighted by atomic mass is 32.2. The van der Waals surface area contributed by atoms with Crippen molar-refractivity contribution in [3.8, 4) is 0 Å². The number of carbonyl (C=O) groups is 2. The van der Waals surface area contributed by atoms with Gasteiger partial charge in [0.25, 0.3) is 5.91 Å². The molecule has 2 unspecified atom stereocenters. The van der Waals surface area contributed by atoms with Gasteiger partial charge in [-0.15, -0.1) is 11.8 Å². The van der Waals surface area contributed by atoms with E-state index in [9.17, 15) is 9.59 Å². The van der Waals surface area contributed by atoms with Crippen LogP contribution in [0.25, 0.3) is 0 Å². The highest BCUT2D eigenvalue weighted by Gasteiger charge is 2.41. The number of thioether (sulfide) groups is 1. The maximum Gasteiger partial charge on any atom is 0.323 e. The second-order valence-electron chi connectivity index (χ2n) is 13.9. The third-order valence-corrected chi connectivity index (χ3v) is 12.2. The van der Waals surface area contributed by atoms with E-state index in [1.54, 1.807) is 0 Å². The van der Waals surface area contributed by atoms with Crippen molar-refractivity contribution in [1.82, 2.24) is 10.6 Å². The Bertz CT molecular complexity index is 1690. The molecule has 52 heavy (non-hydrogen) atoms. The molecule has 1 aliphatic rings. The molecule has 0 spiro atoms. The zero-order valence-electron chi connectivity index (χ0n) is 30.2. The minimum atomic E-state index is -0.486. The smallest absolute Gasteiger partial charge is 0.323 e. The Labute approximate surface area is 313 Å². The van der Waals surface area contributed by atoms with Crippen molar-refractivity contribution in [1.29, 1.82) is 0 Å². The number of hydrogen-bond donors (Lipinski definition) is 2. The maximum atomic E-state index is 13.5. The van der Waals surface area contributed by atoms with Crippen LogP contribution in [0.3, 0.4) is 0 Å². The van der Waals surface area contributed by atoms with Crippen molar-refractivity contribution in [2.75, 3.05) is 13.2 Å². The molecule has 0 saturated heterocycles. The molecule has 6 rings (SSSR count). The van der Waals surface area contributed by atoms with Crippen molar-refractivity contribution in [2.24, 2.45) is 11.8 Å². The Morgan fingerprint density at radius 2 is 1.17 bits per heavy atom. The molecular formula is C46H50N2O3S. The number of amides is 1. The average Bonchev–Trinajstić information content (AvgIpc) is 3.66. The highest BCUT2D eigenvalue weighted by Crippen LogP contribution is 2.53. The standard InChI is InChI=1S/C46H50N2O3S/c1-3-34(2)43(45(50)51-33-42(49)48-44(36-19-9-4-10-20-36)37-21-11-5-12-22-37)47-32-35-29-30-41(31-35)52-46(38-23-13-6-14-24-38,39-25-15-7-16-26-39)40-27-17-8-18-28-40/h4-28,34-35,41,43-44,47H,3,29-33H2,1-2H3,(H,48,49)/t34-,35?,41?,43-/m0/s1. The molecular weight excluding hydrogens is 661 g/mol. The Morgan fingerprint density at radius 1 is 0.712 bits per heavy atom. The number of ether oxygens (including phenoxy) is 1. The zero-order valence-corrected chi connectivity index (χ0v) is 31.0. The van der Waals surface area contributed by atoms with E-state index >= 15 is 0 Å². The van der Waals surface area contributed by atoms with Crippen LogP contribution >= 0.6 is 11.8 Å². The molecule has 268 valence electrons. The Kier molecular flexibility index (Phi) is 13.0. The van der Waals surface area contributed by atoms with Crippen LogP contribution in [0.1, 0.15) is 73.4 Å². The molecule has 0 radical (unpaired) electrons. The molecule has 0 aliphatic heterocycles. The SMILES string of the molecule is CC[C@H](C)[C@H](NCC1CCC(SC(c2ccccc2)(c2ccccc2)c2ccccc2)C1)C(=O)OCC(=O)NC(c1ccccc1)c1ccccc1. The van der Waals surface area contributed by atoms with Crippen molar-refractivity contribution >= 4 is 23.6 Å². The first-order valence-corrected chi connectivity index (χ1v) is 19.5. The van der Waals surface area contributed by atoms with E-state index in [0.29, 0.717) is 11.2 Å². The molecule has 0 bridgehead atoms. The van der Waals surface area contributed by atoms with Gasteiger partial charge in [0, 0.05) is 5.25 Å². The van der Waals surface area contributed by atoms with Crippen molar-refractivity contribution < 1.29 is 14.3 Å². The van der Waals surface area contributed by atoms with E-state index in [4.69, 9.17) is 4.74 Å². The lowest BCUT2D eigenvalue weighted by atomic mass is 9.84. The van der Waals surface area contributed by atoms with Crippen LogP contribution in [-0.4, -0.2) is 36.3 Å². The van der Waals surface area contributed by atoms with Gasteiger partial charge in [-0.25, -0.2) is 0 Å². The quantitative estimate of drug-likeness (QED) is 0.0790. The number of nitrogens with one attached hydrogen (secondary N) is 2. The van der Waals surface area contributed by atoms with Crippen LogP contribution in [0.15, 0.2) is 152 Å². The Morgan fingerprint density at radius 3 is 1.63 bits per heavy atom. The number of carbonyl (C=O) groups excluding carboxylic acids is 2. The predicted octanol–water partition coefficient (Wildman–Crippen LogP) is 9.33. The first-order valence-electron chi connectivity index (χ1n) is 18.6. The second-order valence-corrected chi connectivity index (χ2v) is 15.4. The summed E-state index contributed by atoms with van der Waals surface area (Å²) in [6, 6.07) is 51.5. The van der Waals surface area contributed by atoms with Gasteiger partial charge in [0.2, 0.25) is 0 Å². The molecule has 1 amide bonds. The topological polar surface area (TPSA) is 67.4 Å². The van der Waals surface area contributed by atoms with Crippen LogP contribution < -0.4 is 10.6 Å². The fraction of sp³-hybridized carbons (Fsp3) is 0.304. The molecule has 5 aromatic carbocycles. The lowest BCUT2D eigenvalue weighted by Gasteiger charge is -2.37. The minimum Gasteiger partial charge on any atom is -0.454 e. The van der Waals surface area contributed by atoms with Crippen molar-refractivity contribution in [3.63, 3.8) is 0 Å². The fourth-order valence-electron chi connectivity index (χ4n) is 7.42. The fourth-order valence-corrected chi connectivity index (χ4v) is 9.36. The summed E-state index contributed by atoms with van der Waals surface area (Å²) in [5, 5.41) is 7.11. The number of rotatable bonds is 16. The number of esters is 1.